The lowest BCUT2D eigenvalue weighted by Crippen LogP contribution is -2.34. The molecule has 2 amide bonds. The number of carbonyl (C=O) groups excluding carboxylic acids is 7. The fourth-order valence-electron chi connectivity index (χ4n) is 8.34. The van der Waals surface area contributed by atoms with Crippen molar-refractivity contribution in [3.8, 4) is 0 Å². The number of Topliss-reactive ketones (excluding diaryl/α,β-unsaturated/α-hetero) is 6. The first kappa shape index (κ1) is 101. The number of likely N-dealkylation sites (N-methyl/N-ethyl adjacent to an activating group) is 6. The number of nitrogens with two attached hydrogens (primary N) is 2. The van der Waals surface area contributed by atoms with Crippen LogP contribution in [0.25, 0.3) is 0 Å². The Morgan fingerprint density at radius 1 is 0.484 bits per heavy atom. The molecule has 21 nitrogen and oxygen atoms in total. The molecule has 17 N–H and O–H groups in total. The second-order valence-corrected chi connectivity index (χ2v) is 22.1. The molecule has 0 heterocycles. The third-order valence-corrected chi connectivity index (χ3v) is 13.7. The molecule has 6 atom stereocenters. The summed E-state index contributed by atoms with van der Waals surface area (Å²) in [7, 11) is 12.7. The predicted molar refractivity (Wildman–Crippen MR) is 373 cm³/mol. The number of urea groups is 1. The quantitative estimate of drug-likeness (QED) is 0.00984. The minimum absolute atomic E-state index is 0. The van der Waals surface area contributed by atoms with Crippen LogP contribution in [-0.2, 0) is 48.0 Å². The van der Waals surface area contributed by atoms with Gasteiger partial charge in [0.1, 0.15) is 34.7 Å². The summed E-state index contributed by atoms with van der Waals surface area (Å²) >= 11 is 0. The number of benzene rings is 2. The average Bonchev–Trinajstić information content (AvgIpc) is 3.70. The average molecular weight is 1310 g/mol. The summed E-state index contributed by atoms with van der Waals surface area (Å²) in [5.74, 6) is 2.90. The van der Waals surface area contributed by atoms with Crippen molar-refractivity contribution in [2.45, 2.75) is 223 Å². The van der Waals surface area contributed by atoms with Crippen molar-refractivity contribution in [1.29, 1.82) is 5.41 Å². The summed E-state index contributed by atoms with van der Waals surface area (Å²) in [5, 5.41) is 34.5. The van der Waals surface area contributed by atoms with Gasteiger partial charge in [0.05, 0.1) is 42.1 Å². The zero-order valence-corrected chi connectivity index (χ0v) is 58.4. The second kappa shape index (κ2) is 68.4. The van der Waals surface area contributed by atoms with Gasteiger partial charge in [0.2, 0.25) is 0 Å². The van der Waals surface area contributed by atoms with Crippen LogP contribution in [0.15, 0.2) is 53.5 Å². The minimum atomic E-state index is -0.524. The van der Waals surface area contributed by atoms with E-state index >= 15 is 0 Å². The lowest BCUT2D eigenvalue weighted by molar-refractivity contribution is -0.119. The van der Waals surface area contributed by atoms with E-state index in [1.807, 2.05) is 69.7 Å². The Kier molecular flexibility index (Phi) is 76.1. The van der Waals surface area contributed by atoms with Gasteiger partial charge in [0.15, 0.2) is 0 Å². The van der Waals surface area contributed by atoms with Gasteiger partial charge in [-0.05, 0) is 190 Å². The topological polar surface area (TPSA) is 351 Å². The Labute approximate surface area is 546 Å². The summed E-state index contributed by atoms with van der Waals surface area (Å²) in [5.41, 5.74) is 15.3. The molecule has 0 saturated heterocycles. The maximum Gasteiger partial charge on any atom is 0.312 e. The lowest BCUT2D eigenvalue weighted by Gasteiger charge is -2.13. The van der Waals surface area contributed by atoms with Crippen LogP contribution >= 0.6 is 0 Å². The van der Waals surface area contributed by atoms with Crippen molar-refractivity contribution >= 4 is 58.0 Å². The van der Waals surface area contributed by atoms with E-state index in [-0.39, 0.29) is 84.5 Å². The maximum atomic E-state index is 11.3. The smallest absolute Gasteiger partial charge is 0.312 e. The SMILES string of the molecule is C.CCC(=NC)NCCC[C@H](NC)C(C)=O.CN[C@@H](CCCC(C)C)C(C)=O.CN[C@@H](CCCCNC(C)C)C(C)=O.CN[C@@H](CCCNC(N)=O)C(C)=O.CN[C@@H](Cc1ccc(CC(C)=N)cc1)C(C)=O.CN[C@@H](Cc1ccc(N)cc1)C(C)=O.FF.FF.N. The van der Waals surface area contributed by atoms with Gasteiger partial charge in [-0.1, -0.05) is 97.7 Å². The van der Waals surface area contributed by atoms with Crippen molar-refractivity contribution in [2.75, 3.05) is 74.7 Å². The second-order valence-electron chi connectivity index (χ2n) is 22.1. The van der Waals surface area contributed by atoms with Gasteiger partial charge in [0.25, 0.3) is 0 Å². The highest BCUT2D eigenvalue weighted by Crippen LogP contribution is 2.11. The number of nitrogen functional groups attached to an aromatic ring is 1. The van der Waals surface area contributed by atoms with Crippen molar-refractivity contribution < 1.29 is 51.9 Å². The maximum absolute atomic E-state index is 11.3. The van der Waals surface area contributed by atoms with Gasteiger partial charge in [-0.3, -0.25) is 33.8 Å². The number of nitrogens with zero attached hydrogens (tertiary/aromatic N) is 1. The number of ketones is 6. The summed E-state index contributed by atoms with van der Waals surface area (Å²) in [6.07, 6.45) is 12.9. The van der Waals surface area contributed by atoms with Crippen LogP contribution in [0, 0.1) is 11.3 Å². The number of halogens is 4. The van der Waals surface area contributed by atoms with E-state index in [9.17, 15) is 33.6 Å². The van der Waals surface area contributed by atoms with E-state index in [0.29, 0.717) is 37.6 Å². The number of unbranched alkanes of at least 4 members (excludes halogenated alkanes) is 1. The van der Waals surface area contributed by atoms with E-state index < -0.39 is 6.03 Å². The van der Waals surface area contributed by atoms with Crippen LogP contribution < -0.4 is 65.5 Å². The minimum Gasteiger partial charge on any atom is -0.399 e. The highest BCUT2D eigenvalue weighted by molar-refractivity contribution is 5.84. The molecule has 0 fully saturated rings. The molecule has 2 aromatic rings. The summed E-state index contributed by atoms with van der Waals surface area (Å²) < 4.78 is 32.0. The zero-order valence-electron chi connectivity index (χ0n) is 58.4. The highest BCUT2D eigenvalue weighted by Gasteiger charge is 2.15. The number of amidine groups is 1. The van der Waals surface area contributed by atoms with E-state index in [1.165, 1.54) is 6.42 Å². The van der Waals surface area contributed by atoms with Gasteiger partial charge in [-0.25, -0.2) is 4.79 Å². The molecule has 0 spiro atoms. The first-order valence-electron chi connectivity index (χ1n) is 30.8. The van der Waals surface area contributed by atoms with E-state index in [2.05, 4.69) is 87.5 Å². The fraction of sp³-hybridized carbons (Fsp3) is 0.682. The molecule has 91 heavy (non-hydrogen) atoms. The molecule has 0 aliphatic heterocycles. The Hall–Kier alpha value is -5.93. The molecule has 0 unspecified atom stereocenters. The number of anilines is 1. The van der Waals surface area contributed by atoms with Gasteiger partial charge < -0.3 is 70.9 Å². The predicted octanol–water partition coefficient (Wildman–Crippen LogP) is 9.36. The fourth-order valence-corrected chi connectivity index (χ4v) is 8.34. The highest BCUT2D eigenvalue weighted by atomic mass is 20.0. The molecule has 25 heteroatoms. The van der Waals surface area contributed by atoms with Gasteiger partial charge in [0, 0.05) is 68.7 Å². The molecule has 532 valence electrons. The monoisotopic (exact) mass is 1310 g/mol. The van der Waals surface area contributed by atoms with E-state index in [1.54, 1.807) is 76.7 Å². The Morgan fingerprint density at radius 3 is 1.09 bits per heavy atom. The molecule has 0 aromatic heterocycles. The molecule has 0 aliphatic carbocycles. The number of rotatable bonds is 37. The Morgan fingerprint density at radius 2 is 0.802 bits per heavy atom. The van der Waals surface area contributed by atoms with Crippen LogP contribution in [0.1, 0.15) is 178 Å². The lowest BCUT2D eigenvalue weighted by atomic mass is 10.0. The third-order valence-electron chi connectivity index (χ3n) is 13.7. The number of aliphatic imine (C=N–C) groups is 1. The number of amides is 2. The number of hydrogen-bond acceptors (Lipinski definition) is 18. The molecule has 0 saturated carbocycles. The van der Waals surface area contributed by atoms with Gasteiger partial charge in [-0.15, -0.1) is 0 Å². The molecule has 0 aliphatic rings. The number of nitrogens with one attached hydrogen (secondary N) is 10. The standard InChI is InChI=1S/C14H20N2O.C11H23N3O.C11H16N2O.C11H24N2O.C10H21NO.C8H17N3O2.CH4.2F2.H3N/c1-10(15)8-12-4-6-13(7-5-12)9-14(16-3)11(2)17;1-5-11(13-4)14-8-6-7-10(12-3)9(2)15;1-8(14)11(13-2)7-9-3-5-10(12)6-4-9;1-9(2)13-8-6-5-7-11(12-4)10(3)14;1-8(2)6-5-7-10(11-4)9(3)12;1-6(12)7(10-2)4-3-5-11-8(9)13;;2*1-2;/h4-7,14-16H,8-9H2,1-3H3;10,12H,5-8H2,1-4H3,(H,13,14);3-6,11,13H,7,12H2,1-2H3;9,11-13H,5-8H2,1-4H3;8,10-11H,5-7H2,1-4H3;7,10H,3-5H2,1-2H3,(H3,9,11,13);1H4;;;1H3/t14-;10-;2*11-;10-;7-;;;;/m000000..../s1. The molecular formula is C66H128F4N14O7. The summed E-state index contributed by atoms with van der Waals surface area (Å²) in [6.45, 7) is 24.7. The van der Waals surface area contributed by atoms with Gasteiger partial charge >= 0.3 is 6.03 Å². The first-order chi connectivity index (χ1) is 42.0. The van der Waals surface area contributed by atoms with Crippen molar-refractivity contribution in [3.05, 3.63) is 65.2 Å². The molecule has 0 bridgehead atoms. The molecule has 2 aromatic carbocycles. The third kappa shape index (κ3) is 64.0. The van der Waals surface area contributed by atoms with E-state index in [0.717, 1.165) is 111 Å². The Bertz CT molecular complexity index is 2160. The first-order valence-corrected chi connectivity index (χ1v) is 30.8. The summed E-state index contributed by atoms with van der Waals surface area (Å²) in [4.78, 5) is 80.9. The van der Waals surface area contributed by atoms with Crippen molar-refractivity contribution in [3.63, 3.8) is 0 Å². The van der Waals surface area contributed by atoms with Gasteiger partial charge in [-0.2, -0.15) is 0 Å². The van der Waals surface area contributed by atoms with Crippen molar-refractivity contribution in [1.82, 2.24) is 54.0 Å². The molecule has 0 radical (unpaired) electrons. The molecular weight excluding hydrogens is 1180 g/mol. The number of carbonyl (C=O) groups is 7. The van der Waals surface area contributed by atoms with Crippen LogP contribution in [0.5, 0.6) is 0 Å². The van der Waals surface area contributed by atoms with Crippen LogP contribution in [0.2, 0.25) is 0 Å². The van der Waals surface area contributed by atoms with Crippen LogP contribution in [0.3, 0.4) is 0 Å². The number of hydrogen-bond donors (Lipinski definition) is 13. The van der Waals surface area contributed by atoms with Crippen LogP contribution in [-0.4, -0.2) is 164 Å². The largest absolute Gasteiger partial charge is 0.399 e. The summed E-state index contributed by atoms with van der Waals surface area (Å²) in [6, 6.07) is 15.5. The number of primary amides is 1. The zero-order chi connectivity index (χ0) is 69.9. The molecule has 2 rings (SSSR count). The Balaban J connectivity index is -0.000000149. The van der Waals surface area contributed by atoms with E-state index in [4.69, 9.17) is 35.2 Å². The van der Waals surface area contributed by atoms with Crippen LogP contribution in [0.4, 0.5) is 28.8 Å². The normalized spacial score (nSPS) is 12.1. The van der Waals surface area contributed by atoms with Crippen molar-refractivity contribution in [2.24, 2.45) is 16.6 Å².